The van der Waals surface area contributed by atoms with Gasteiger partial charge in [0.05, 0.1) is 12.5 Å². The van der Waals surface area contributed by atoms with Crippen molar-refractivity contribution < 1.29 is 9.53 Å². The molecule has 0 spiro atoms. The minimum Gasteiger partial charge on any atom is -0.487 e. The van der Waals surface area contributed by atoms with E-state index in [0.29, 0.717) is 6.42 Å². The first-order valence-electron chi connectivity index (χ1n) is 7.54. The fourth-order valence-electron chi connectivity index (χ4n) is 2.92. The van der Waals surface area contributed by atoms with E-state index in [9.17, 15) is 4.79 Å². The van der Waals surface area contributed by atoms with Crippen LogP contribution in [-0.4, -0.2) is 11.5 Å². The highest BCUT2D eigenvalue weighted by atomic mass is 32.1. The van der Waals surface area contributed by atoms with E-state index in [1.165, 1.54) is 5.56 Å². The van der Waals surface area contributed by atoms with Crippen molar-refractivity contribution in [2.75, 3.05) is 0 Å². The van der Waals surface area contributed by atoms with Gasteiger partial charge in [-0.15, -0.1) is 11.3 Å². The Kier molecular flexibility index (Phi) is 3.96. The summed E-state index contributed by atoms with van der Waals surface area (Å²) in [4.78, 5) is 13.4. The Morgan fingerprint density at radius 1 is 1.41 bits per heavy atom. The predicted octanol–water partition coefficient (Wildman–Crippen LogP) is 4.02. The van der Waals surface area contributed by atoms with E-state index in [2.05, 4.69) is 32.2 Å². The highest BCUT2D eigenvalue weighted by Crippen LogP contribution is 2.39. The molecule has 0 bridgehead atoms. The first-order chi connectivity index (χ1) is 10.4. The van der Waals surface area contributed by atoms with Gasteiger partial charge in [-0.2, -0.15) is 0 Å². The van der Waals surface area contributed by atoms with Crippen molar-refractivity contribution in [1.82, 2.24) is 5.32 Å². The van der Waals surface area contributed by atoms with Crippen molar-refractivity contribution in [2.45, 2.75) is 45.3 Å². The number of hydrogen-bond acceptors (Lipinski definition) is 3. The second kappa shape index (κ2) is 5.76. The zero-order valence-electron chi connectivity index (χ0n) is 13.2. The SMILES string of the molecule is Cc1ccc2c(c1)[C@@H](NC(=O)Cc1cccs1)CC(C)(C)O2. The van der Waals surface area contributed by atoms with E-state index in [1.54, 1.807) is 11.3 Å². The third-order valence-electron chi connectivity index (χ3n) is 3.87. The lowest BCUT2D eigenvalue weighted by atomic mass is 9.89. The number of fused-ring (bicyclic) bond motifs is 1. The summed E-state index contributed by atoms with van der Waals surface area (Å²) in [6, 6.07) is 10.1. The molecule has 1 atom stereocenters. The molecule has 1 aromatic heterocycles. The van der Waals surface area contributed by atoms with Gasteiger partial charge in [-0.25, -0.2) is 0 Å². The lowest BCUT2D eigenvalue weighted by Crippen LogP contribution is -2.41. The quantitative estimate of drug-likeness (QED) is 0.929. The molecule has 1 aliphatic heterocycles. The number of carbonyl (C=O) groups is 1. The molecule has 0 unspecified atom stereocenters. The smallest absolute Gasteiger partial charge is 0.225 e. The maximum Gasteiger partial charge on any atom is 0.225 e. The van der Waals surface area contributed by atoms with E-state index in [-0.39, 0.29) is 17.6 Å². The lowest BCUT2D eigenvalue weighted by molar-refractivity contribution is -0.121. The molecule has 1 aliphatic rings. The van der Waals surface area contributed by atoms with Gasteiger partial charge in [-0.1, -0.05) is 23.8 Å². The molecule has 0 aliphatic carbocycles. The van der Waals surface area contributed by atoms with Crippen LogP contribution in [0.5, 0.6) is 5.75 Å². The summed E-state index contributed by atoms with van der Waals surface area (Å²) < 4.78 is 6.04. The van der Waals surface area contributed by atoms with Crippen LogP contribution in [0.15, 0.2) is 35.7 Å². The van der Waals surface area contributed by atoms with E-state index in [1.807, 2.05) is 29.6 Å². The number of carbonyl (C=O) groups excluding carboxylic acids is 1. The van der Waals surface area contributed by atoms with Crippen molar-refractivity contribution >= 4 is 17.2 Å². The van der Waals surface area contributed by atoms with Crippen LogP contribution in [0, 0.1) is 6.92 Å². The molecule has 1 N–H and O–H groups in total. The first kappa shape index (κ1) is 15.1. The maximum absolute atomic E-state index is 12.3. The molecule has 22 heavy (non-hydrogen) atoms. The van der Waals surface area contributed by atoms with Gasteiger partial charge in [0.25, 0.3) is 0 Å². The molecular weight excluding hydrogens is 294 g/mol. The molecule has 3 nitrogen and oxygen atoms in total. The second-order valence-corrected chi connectivity index (χ2v) is 7.52. The van der Waals surface area contributed by atoms with Crippen molar-refractivity contribution in [2.24, 2.45) is 0 Å². The highest BCUT2D eigenvalue weighted by molar-refractivity contribution is 7.10. The first-order valence-corrected chi connectivity index (χ1v) is 8.42. The highest BCUT2D eigenvalue weighted by Gasteiger charge is 2.34. The predicted molar refractivity (Wildman–Crippen MR) is 89.4 cm³/mol. The van der Waals surface area contributed by atoms with Crippen LogP contribution < -0.4 is 10.1 Å². The van der Waals surface area contributed by atoms with Crippen molar-refractivity contribution in [3.63, 3.8) is 0 Å². The number of amides is 1. The minimum atomic E-state index is -0.275. The number of ether oxygens (including phenoxy) is 1. The fraction of sp³-hybridized carbons (Fsp3) is 0.389. The summed E-state index contributed by atoms with van der Waals surface area (Å²) in [7, 11) is 0. The third-order valence-corrected chi connectivity index (χ3v) is 4.75. The molecule has 2 heterocycles. The number of thiophene rings is 1. The van der Waals surface area contributed by atoms with Crippen LogP contribution >= 0.6 is 11.3 Å². The van der Waals surface area contributed by atoms with Crippen LogP contribution in [0.4, 0.5) is 0 Å². The zero-order valence-corrected chi connectivity index (χ0v) is 14.0. The van der Waals surface area contributed by atoms with E-state index >= 15 is 0 Å². The Morgan fingerprint density at radius 2 is 2.23 bits per heavy atom. The Bertz CT molecular complexity index is 676. The lowest BCUT2D eigenvalue weighted by Gasteiger charge is -2.38. The molecule has 4 heteroatoms. The average molecular weight is 315 g/mol. The monoisotopic (exact) mass is 315 g/mol. The van der Waals surface area contributed by atoms with Gasteiger partial charge in [0.1, 0.15) is 11.4 Å². The summed E-state index contributed by atoms with van der Waals surface area (Å²) >= 11 is 1.62. The Labute approximate surface area is 135 Å². The fourth-order valence-corrected chi connectivity index (χ4v) is 3.62. The number of hydrogen-bond donors (Lipinski definition) is 1. The third kappa shape index (κ3) is 3.33. The number of aryl methyl sites for hydroxylation is 1. The molecule has 0 saturated heterocycles. The van der Waals surface area contributed by atoms with Crippen molar-refractivity contribution in [3.8, 4) is 5.75 Å². The zero-order chi connectivity index (χ0) is 15.7. The van der Waals surface area contributed by atoms with Gasteiger partial charge in [-0.05, 0) is 38.3 Å². The van der Waals surface area contributed by atoms with Gasteiger partial charge in [0, 0.05) is 16.9 Å². The molecule has 116 valence electrons. The van der Waals surface area contributed by atoms with Gasteiger partial charge in [-0.3, -0.25) is 4.79 Å². The van der Waals surface area contributed by atoms with Crippen molar-refractivity contribution in [1.29, 1.82) is 0 Å². The van der Waals surface area contributed by atoms with Crippen molar-refractivity contribution in [3.05, 3.63) is 51.7 Å². The van der Waals surface area contributed by atoms with Crippen LogP contribution in [0.1, 0.15) is 42.3 Å². The summed E-state index contributed by atoms with van der Waals surface area (Å²) in [6.45, 7) is 6.19. The Hall–Kier alpha value is -1.81. The van der Waals surface area contributed by atoms with Gasteiger partial charge in [0.15, 0.2) is 0 Å². The van der Waals surface area contributed by atoms with E-state index in [0.717, 1.165) is 22.6 Å². The molecule has 1 amide bonds. The summed E-state index contributed by atoms with van der Waals surface area (Å²) in [6.07, 6.45) is 1.22. The number of nitrogens with one attached hydrogen (secondary N) is 1. The van der Waals surface area contributed by atoms with Gasteiger partial charge in [0.2, 0.25) is 5.91 Å². The average Bonchev–Trinajstić information content (AvgIpc) is 2.91. The van der Waals surface area contributed by atoms with Crippen LogP contribution in [0.2, 0.25) is 0 Å². The van der Waals surface area contributed by atoms with Crippen LogP contribution in [0.3, 0.4) is 0 Å². The minimum absolute atomic E-state index is 0.00566. The molecular formula is C18H21NO2S. The Morgan fingerprint density at radius 3 is 2.95 bits per heavy atom. The van der Waals surface area contributed by atoms with Crippen LogP contribution in [-0.2, 0) is 11.2 Å². The van der Waals surface area contributed by atoms with Gasteiger partial charge < -0.3 is 10.1 Å². The van der Waals surface area contributed by atoms with Crippen LogP contribution in [0.25, 0.3) is 0 Å². The van der Waals surface area contributed by atoms with E-state index in [4.69, 9.17) is 4.74 Å². The molecule has 3 rings (SSSR count). The largest absolute Gasteiger partial charge is 0.487 e. The number of benzene rings is 1. The molecule has 0 saturated carbocycles. The summed E-state index contributed by atoms with van der Waals surface area (Å²) in [5.74, 6) is 0.945. The van der Waals surface area contributed by atoms with Gasteiger partial charge >= 0.3 is 0 Å². The van der Waals surface area contributed by atoms with E-state index < -0.39 is 0 Å². The summed E-state index contributed by atoms with van der Waals surface area (Å²) in [5, 5.41) is 5.18. The molecule has 0 radical (unpaired) electrons. The Balaban J connectivity index is 1.80. The molecule has 0 fully saturated rings. The number of rotatable bonds is 3. The molecule has 1 aromatic carbocycles. The summed E-state index contributed by atoms with van der Waals surface area (Å²) in [5.41, 5.74) is 1.99. The maximum atomic E-state index is 12.3. The second-order valence-electron chi connectivity index (χ2n) is 6.48. The topological polar surface area (TPSA) is 38.3 Å². The standard InChI is InChI=1S/C18H21NO2S/c1-12-6-7-16-14(9-12)15(11-18(2,3)21-16)19-17(20)10-13-5-4-8-22-13/h4-9,15H,10-11H2,1-3H3,(H,19,20)/t15-/m0/s1. The normalized spacial score (nSPS) is 19.1. The molecule has 2 aromatic rings.